The summed E-state index contributed by atoms with van der Waals surface area (Å²) in [6, 6.07) is 20.3. The maximum atomic E-state index is 8.90. The van der Waals surface area contributed by atoms with Gasteiger partial charge in [-0.3, -0.25) is 0 Å². The summed E-state index contributed by atoms with van der Waals surface area (Å²) < 4.78 is 14.3. The molecule has 0 aliphatic rings. The van der Waals surface area contributed by atoms with Gasteiger partial charge in [0.05, 0.1) is 41.8 Å². The van der Waals surface area contributed by atoms with E-state index in [0.29, 0.717) is 31.8 Å². The monoisotopic (exact) mass is 581 g/mol. The number of aryl methyl sites for hydroxylation is 2. The Bertz CT molecular complexity index is 1780. The van der Waals surface area contributed by atoms with Crippen molar-refractivity contribution >= 4 is 33.0 Å². The fraction of sp³-hybridized carbons (Fsp3) is 0.250. The number of aromatic nitrogens is 4. The molecule has 0 radical (unpaired) electrons. The van der Waals surface area contributed by atoms with Gasteiger partial charge >= 0.3 is 0 Å². The average Bonchev–Trinajstić information content (AvgIpc) is 3.62. The Morgan fingerprint density at radius 2 is 1.88 bits per heavy atom. The van der Waals surface area contributed by atoms with Gasteiger partial charge in [0.2, 0.25) is 0 Å². The molecule has 0 spiro atoms. The highest BCUT2D eigenvalue weighted by atomic mass is 35.5. The summed E-state index contributed by atoms with van der Waals surface area (Å²) in [5, 5.41) is 24.8. The third-order valence-electron chi connectivity index (χ3n) is 6.85. The average molecular weight is 582 g/mol. The number of nitrogens with zero attached hydrogens (tertiary/aromatic N) is 5. The van der Waals surface area contributed by atoms with Gasteiger partial charge < -0.3 is 9.47 Å². The number of halogens is 1. The highest BCUT2D eigenvalue weighted by Gasteiger charge is 2.16. The highest BCUT2D eigenvalue weighted by Crippen LogP contribution is 2.40. The lowest BCUT2D eigenvalue weighted by molar-refractivity contribution is 0.306. The molecule has 2 heterocycles. The second-order valence-electron chi connectivity index (χ2n) is 9.52. The Morgan fingerprint density at radius 3 is 2.61 bits per heavy atom. The Hall–Kier alpha value is -4.37. The molecule has 0 saturated heterocycles. The maximum absolute atomic E-state index is 8.90. The van der Waals surface area contributed by atoms with Crippen molar-refractivity contribution in [1.29, 1.82) is 5.26 Å². The largest absolute Gasteiger partial charge is 0.497 e. The Labute approximate surface area is 248 Å². The molecule has 9 heteroatoms. The fourth-order valence-electron chi connectivity index (χ4n) is 4.78. The summed E-state index contributed by atoms with van der Waals surface area (Å²) in [5.41, 5.74) is 5.50. The number of methoxy groups -OCH3 is 1. The minimum Gasteiger partial charge on any atom is -0.497 e. The van der Waals surface area contributed by atoms with E-state index in [2.05, 4.69) is 57.9 Å². The van der Waals surface area contributed by atoms with Gasteiger partial charge in [0, 0.05) is 17.4 Å². The normalized spacial score (nSPS) is 11.5. The van der Waals surface area contributed by atoms with Crippen LogP contribution < -0.4 is 9.47 Å². The Balaban J connectivity index is 1.32. The molecule has 0 bridgehead atoms. The van der Waals surface area contributed by atoms with Crippen LogP contribution in [0.5, 0.6) is 11.5 Å². The minimum absolute atomic E-state index is 0.0828. The first kappa shape index (κ1) is 28.2. The highest BCUT2D eigenvalue weighted by molar-refractivity contribution is 7.18. The van der Waals surface area contributed by atoms with Gasteiger partial charge in [0.25, 0.3) is 0 Å². The molecule has 0 N–H and O–H groups in total. The number of fused-ring (bicyclic) bond motifs is 1. The van der Waals surface area contributed by atoms with Crippen molar-refractivity contribution < 1.29 is 9.47 Å². The van der Waals surface area contributed by atoms with Crippen LogP contribution in [0.25, 0.3) is 21.2 Å². The van der Waals surface area contributed by atoms with Crippen molar-refractivity contribution in [2.75, 3.05) is 7.11 Å². The van der Waals surface area contributed by atoms with E-state index in [1.807, 2.05) is 49.4 Å². The van der Waals surface area contributed by atoms with Gasteiger partial charge in [0.15, 0.2) is 5.82 Å². The van der Waals surface area contributed by atoms with Gasteiger partial charge in [0.1, 0.15) is 18.1 Å². The third kappa shape index (κ3) is 6.36. The van der Waals surface area contributed by atoms with Crippen LogP contribution in [0, 0.1) is 30.1 Å². The number of tetrazole rings is 1. The number of ether oxygens (including phenoxy) is 2. The molecule has 7 nitrogen and oxygen atoms in total. The standard InChI is InChI=1S/C32H28ClN5O2S/c1-4-6-24(18-31-35-36-37-38(31)14-5-13-34)23-7-9-25(10-8-23)40-19-22-16-28-29(20-41-32(28)30(33)17-22)27-12-11-26(39-3)15-21(27)2/h7-12,15-17,20,24H,5,14,18-19H2,1-3H3. The molecule has 41 heavy (non-hydrogen) atoms. The van der Waals surface area contributed by atoms with Crippen molar-refractivity contribution in [2.24, 2.45) is 0 Å². The Morgan fingerprint density at radius 1 is 1.07 bits per heavy atom. The van der Waals surface area contributed by atoms with Crippen LogP contribution >= 0.6 is 22.9 Å². The SMILES string of the molecule is CC#CC(Cc1nnnn1CCC#N)c1ccc(OCc2cc(Cl)c3scc(-c4ccc(OC)cc4C)c3c2)cc1. The molecule has 0 saturated carbocycles. The molecule has 2 aromatic heterocycles. The molecule has 3 aromatic carbocycles. The smallest absolute Gasteiger partial charge is 0.152 e. The van der Waals surface area contributed by atoms with Gasteiger partial charge in [-0.1, -0.05) is 35.7 Å². The van der Waals surface area contributed by atoms with Gasteiger partial charge in [-0.2, -0.15) is 5.26 Å². The van der Waals surface area contributed by atoms with E-state index in [9.17, 15) is 0 Å². The predicted molar refractivity (Wildman–Crippen MR) is 162 cm³/mol. The third-order valence-corrected chi connectivity index (χ3v) is 8.29. The van der Waals surface area contributed by atoms with E-state index >= 15 is 0 Å². The van der Waals surface area contributed by atoms with Gasteiger partial charge in [-0.15, -0.1) is 22.4 Å². The summed E-state index contributed by atoms with van der Waals surface area (Å²) in [6.45, 7) is 4.75. The number of rotatable bonds is 10. The number of hydrogen-bond donors (Lipinski definition) is 0. The second kappa shape index (κ2) is 12.9. The van der Waals surface area contributed by atoms with E-state index in [-0.39, 0.29) is 5.92 Å². The minimum atomic E-state index is -0.0828. The summed E-state index contributed by atoms with van der Waals surface area (Å²) in [5.74, 6) is 8.50. The van der Waals surface area contributed by atoms with Crippen molar-refractivity contribution in [1.82, 2.24) is 20.2 Å². The number of hydrogen-bond acceptors (Lipinski definition) is 7. The first-order chi connectivity index (χ1) is 20.0. The molecule has 0 fully saturated rings. The molecule has 5 rings (SSSR count). The first-order valence-electron chi connectivity index (χ1n) is 13.1. The zero-order valence-corrected chi connectivity index (χ0v) is 24.6. The van der Waals surface area contributed by atoms with E-state index in [4.69, 9.17) is 26.3 Å². The molecule has 5 aromatic rings. The van der Waals surface area contributed by atoms with E-state index in [1.54, 1.807) is 23.1 Å². The summed E-state index contributed by atoms with van der Waals surface area (Å²) >= 11 is 8.35. The molecular formula is C32H28ClN5O2S. The molecule has 206 valence electrons. The second-order valence-corrected chi connectivity index (χ2v) is 10.8. The van der Waals surface area contributed by atoms with E-state index < -0.39 is 0 Å². The van der Waals surface area contributed by atoms with Crippen molar-refractivity contribution in [3.8, 4) is 40.5 Å². The lowest BCUT2D eigenvalue weighted by Gasteiger charge is -2.13. The fourth-order valence-corrected chi connectivity index (χ4v) is 6.11. The predicted octanol–water partition coefficient (Wildman–Crippen LogP) is 7.37. The van der Waals surface area contributed by atoms with Crippen LogP contribution in [0.15, 0.2) is 60.0 Å². The first-order valence-corrected chi connectivity index (χ1v) is 14.4. The zero-order chi connectivity index (χ0) is 28.8. The number of nitriles is 1. The maximum Gasteiger partial charge on any atom is 0.152 e. The molecule has 1 unspecified atom stereocenters. The van der Waals surface area contributed by atoms with Crippen LogP contribution in [0.3, 0.4) is 0 Å². The quantitative estimate of drug-likeness (QED) is 0.160. The number of thiophene rings is 1. The summed E-state index contributed by atoms with van der Waals surface area (Å²) in [6.07, 6.45) is 0.899. The van der Waals surface area contributed by atoms with Crippen molar-refractivity contribution in [3.63, 3.8) is 0 Å². The molecule has 0 aliphatic heterocycles. The van der Waals surface area contributed by atoms with Gasteiger partial charge in [-0.25, -0.2) is 4.68 Å². The van der Waals surface area contributed by atoms with Crippen LogP contribution in [-0.2, 0) is 19.6 Å². The molecular weight excluding hydrogens is 554 g/mol. The lowest BCUT2D eigenvalue weighted by atomic mass is 9.95. The van der Waals surface area contributed by atoms with Crippen molar-refractivity contribution in [2.45, 2.75) is 45.8 Å². The Kier molecular flexibility index (Phi) is 8.84. The van der Waals surface area contributed by atoms with Crippen LogP contribution in [-0.4, -0.2) is 27.3 Å². The van der Waals surface area contributed by atoms with E-state index in [1.165, 1.54) is 0 Å². The van der Waals surface area contributed by atoms with Crippen LogP contribution in [0.2, 0.25) is 5.02 Å². The van der Waals surface area contributed by atoms with Crippen molar-refractivity contribution in [3.05, 3.63) is 87.5 Å². The van der Waals surface area contributed by atoms with E-state index in [0.717, 1.165) is 54.4 Å². The molecule has 1 atom stereocenters. The van der Waals surface area contributed by atoms with Crippen LogP contribution in [0.1, 0.15) is 41.8 Å². The summed E-state index contributed by atoms with van der Waals surface area (Å²) in [7, 11) is 1.68. The topological polar surface area (TPSA) is 85.9 Å². The number of benzene rings is 3. The lowest BCUT2D eigenvalue weighted by Crippen LogP contribution is -2.10. The summed E-state index contributed by atoms with van der Waals surface area (Å²) in [4.78, 5) is 0. The molecule has 0 aliphatic carbocycles. The molecule has 0 amide bonds. The van der Waals surface area contributed by atoms with Crippen LogP contribution in [0.4, 0.5) is 0 Å². The van der Waals surface area contributed by atoms with Gasteiger partial charge in [-0.05, 0) is 88.3 Å². The zero-order valence-electron chi connectivity index (χ0n) is 23.0.